The highest BCUT2D eigenvalue weighted by atomic mass is 79.9. The van der Waals surface area contributed by atoms with Gasteiger partial charge in [-0.3, -0.25) is 4.79 Å². The van der Waals surface area contributed by atoms with Crippen molar-refractivity contribution in [1.82, 2.24) is 14.9 Å². The highest BCUT2D eigenvalue weighted by Crippen LogP contribution is 2.26. The van der Waals surface area contributed by atoms with E-state index in [1.54, 1.807) is 12.1 Å². The third-order valence-electron chi connectivity index (χ3n) is 3.36. The van der Waals surface area contributed by atoms with Crippen molar-refractivity contribution in [1.29, 1.82) is 0 Å². The third-order valence-corrected chi connectivity index (χ3v) is 4.13. The van der Waals surface area contributed by atoms with Crippen LogP contribution in [0.5, 0.6) is 0 Å². The van der Waals surface area contributed by atoms with Gasteiger partial charge in [0.05, 0.1) is 12.2 Å². The van der Waals surface area contributed by atoms with Crippen LogP contribution in [0, 0.1) is 0 Å². The van der Waals surface area contributed by atoms with Gasteiger partial charge in [-0.15, -0.1) is 0 Å². The summed E-state index contributed by atoms with van der Waals surface area (Å²) in [5.41, 5.74) is 1.76. The van der Waals surface area contributed by atoms with E-state index in [2.05, 4.69) is 26.2 Å². The molecular weight excluding hydrogens is 370 g/mol. The first-order valence-corrected chi connectivity index (χ1v) is 7.95. The van der Waals surface area contributed by atoms with Crippen molar-refractivity contribution < 1.29 is 4.52 Å². The van der Waals surface area contributed by atoms with Gasteiger partial charge >= 0.3 is 0 Å². The maximum absolute atomic E-state index is 12.7. The van der Waals surface area contributed by atoms with Gasteiger partial charge in [0, 0.05) is 5.02 Å². The zero-order chi connectivity index (χ0) is 15.9. The number of aromatic nitrogens is 3. The summed E-state index contributed by atoms with van der Waals surface area (Å²) in [7, 11) is 0. The van der Waals surface area contributed by atoms with E-state index in [-0.39, 0.29) is 11.5 Å². The van der Waals surface area contributed by atoms with E-state index in [9.17, 15) is 4.79 Å². The minimum Gasteiger partial charge on any atom is -0.353 e. The van der Waals surface area contributed by atoms with Crippen LogP contribution >= 0.6 is 27.5 Å². The van der Waals surface area contributed by atoms with E-state index in [4.69, 9.17) is 16.1 Å². The van der Waals surface area contributed by atoms with Gasteiger partial charge < -0.3 is 4.52 Å². The number of fused-ring (bicyclic) bond motifs is 1. The third kappa shape index (κ3) is 2.68. The van der Waals surface area contributed by atoms with Crippen LogP contribution in [-0.4, -0.2) is 14.9 Å². The van der Waals surface area contributed by atoms with Gasteiger partial charge in [0.2, 0.25) is 5.58 Å². The molecule has 0 aliphatic carbocycles. The molecule has 0 amide bonds. The molecule has 0 aliphatic heterocycles. The standard InChI is InChI=1S/C15H13BrClN3O2/c1-8(2)12-11-13(22-19-12)14(16)18-20(15(11)21)7-9-3-5-10(17)6-4-9/h3-6,8H,7H2,1-2H3. The normalized spacial score (nSPS) is 11.5. The molecule has 7 heteroatoms. The fourth-order valence-corrected chi connectivity index (χ4v) is 2.83. The zero-order valence-electron chi connectivity index (χ0n) is 12.0. The van der Waals surface area contributed by atoms with Gasteiger partial charge in [-0.2, -0.15) is 5.10 Å². The number of hydrogen-bond donors (Lipinski definition) is 0. The van der Waals surface area contributed by atoms with Crippen LogP contribution in [-0.2, 0) is 6.54 Å². The van der Waals surface area contributed by atoms with Gasteiger partial charge in [-0.1, -0.05) is 42.7 Å². The lowest BCUT2D eigenvalue weighted by atomic mass is 10.1. The van der Waals surface area contributed by atoms with Crippen molar-refractivity contribution in [3.05, 3.63) is 55.5 Å². The summed E-state index contributed by atoms with van der Waals surface area (Å²) in [6.45, 7) is 4.29. The largest absolute Gasteiger partial charge is 0.353 e. The average Bonchev–Trinajstić information content (AvgIpc) is 2.92. The van der Waals surface area contributed by atoms with Crippen LogP contribution in [0.2, 0.25) is 5.02 Å². The summed E-state index contributed by atoms with van der Waals surface area (Å²) in [4.78, 5) is 12.7. The fraction of sp³-hybridized carbons (Fsp3) is 0.267. The van der Waals surface area contributed by atoms with Crippen molar-refractivity contribution in [3.63, 3.8) is 0 Å². The predicted octanol–water partition coefficient (Wildman–Crippen LogP) is 3.97. The smallest absolute Gasteiger partial charge is 0.280 e. The molecule has 0 saturated heterocycles. The SMILES string of the molecule is CC(C)c1noc2c(Br)nn(Cc3ccc(Cl)cc3)c(=O)c12. The first kappa shape index (κ1) is 15.2. The molecular formula is C15H13BrClN3O2. The minimum absolute atomic E-state index is 0.0900. The summed E-state index contributed by atoms with van der Waals surface area (Å²) < 4.78 is 7.12. The summed E-state index contributed by atoms with van der Waals surface area (Å²) in [6.07, 6.45) is 0. The first-order chi connectivity index (χ1) is 10.5. The van der Waals surface area contributed by atoms with E-state index in [1.807, 2.05) is 26.0 Å². The molecule has 0 atom stereocenters. The second-order valence-electron chi connectivity index (χ2n) is 5.31. The fourth-order valence-electron chi connectivity index (χ4n) is 2.24. The van der Waals surface area contributed by atoms with Crippen LogP contribution in [0.15, 0.2) is 38.2 Å². The molecule has 3 aromatic rings. The molecule has 0 spiro atoms. The van der Waals surface area contributed by atoms with Crippen molar-refractivity contribution in [2.45, 2.75) is 26.3 Å². The lowest BCUT2D eigenvalue weighted by molar-refractivity contribution is 0.438. The highest BCUT2D eigenvalue weighted by molar-refractivity contribution is 9.10. The molecule has 0 aliphatic rings. The van der Waals surface area contributed by atoms with Crippen LogP contribution in [0.4, 0.5) is 0 Å². The molecule has 5 nitrogen and oxygen atoms in total. The zero-order valence-corrected chi connectivity index (χ0v) is 14.3. The van der Waals surface area contributed by atoms with Crippen molar-refractivity contribution in [2.75, 3.05) is 0 Å². The number of rotatable bonds is 3. The van der Waals surface area contributed by atoms with Crippen molar-refractivity contribution in [2.24, 2.45) is 0 Å². The Balaban J connectivity index is 2.14. The maximum Gasteiger partial charge on any atom is 0.280 e. The predicted molar refractivity (Wildman–Crippen MR) is 88.4 cm³/mol. The quantitative estimate of drug-likeness (QED) is 0.687. The minimum atomic E-state index is -0.210. The Morgan fingerprint density at radius 2 is 2.00 bits per heavy atom. The lowest BCUT2D eigenvalue weighted by Crippen LogP contribution is -2.24. The Kier molecular flexibility index (Phi) is 4.06. The Morgan fingerprint density at radius 3 is 2.64 bits per heavy atom. The molecule has 0 fully saturated rings. The van der Waals surface area contributed by atoms with Crippen LogP contribution in [0.1, 0.15) is 31.0 Å². The van der Waals surface area contributed by atoms with Gasteiger partial charge in [-0.25, -0.2) is 4.68 Å². The van der Waals surface area contributed by atoms with E-state index in [1.165, 1.54) is 4.68 Å². The number of hydrogen-bond acceptors (Lipinski definition) is 4. The molecule has 3 rings (SSSR count). The molecule has 2 heterocycles. The Labute approximate surface area is 140 Å². The van der Waals surface area contributed by atoms with Crippen LogP contribution in [0.25, 0.3) is 11.0 Å². The van der Waals surface area contributed by atoms with Gasteiger partial charge in [0.1, 0.15) is 5.39 Å². The molecule has 0 bridgehead atoms. The maximum atomic E-state index is 12.7. The molecule has 0 radical (unpaired) electrons. The second kappa shape index (κ2) is 5.85. The lowest BCUT2D eigenvalue weighted by Gasteiger charge is -2.06. The second-order valence-corrected chi connectivity index (χ2v) is 6.49. The Bertz CT molecular complexity index is 884. The summed E-state index contributed by atoms with van der Waals surface area (Å²) in [6, 6.07) is 7.31. The van der Waals surface area contributed by atoms with Crippen LogP contribution in [0.3, 0.4) is 0 Å². The van der Waals surface area contributed by atoms with E-state index < -0.39 is 0 Å². The monoisotopic (exact) mass is 381 g/mol. The highest BCUT2D eigenvalue weighted by Gasteiger charge is 2.20. The summed E-state index contributed by atoms with van der Waals surface area (Å²) in [5.74, 6) is 0.0900. The van der Waals surface area contributed by atoms with E-state index >= 15 is 0 Å². The molecule has 1 aromatic carbocycles. The van der Waals surface area contributed by atoms with E-state index in [0.717, 1.165) is 5.56 Å². The summed E-state index contributed by atoms with van der Waals surface area (Å²) in [5, 5.41) is 9.38. The molecule has 2 aromatic heterocycles. The average molecular weight is 383 g/mol. The van der Waals surface area contributed by atoms with E-state index in [0.29, 0.717) is 32.8 Å². The summed E-state index contributed by atoms with van der Waals surface area (Å²) >= 11 is 9.22. The molecule has 0 N–H and O–H groups in total. The van der Waals surface area contributed by atoms with Gasteiger partial charge in [-0.05, 0) is 39.5 Å². The molecule has 0 saturated carbocycles. The Morgan fingerprint density at radius 1 is 1.32 bits per heavy atom. The number of benzene rings is 1. The van der Waals surface area contributed by atoms with Crippen molar-refractivity contribution in [3.8, 4) is 0 Å². The van der Waals surface area contributed by atoms with Gasteiger partial charge in [0.25, 0.3) is 5.56 Å². The Hall–Kier alpha value is -1.66. The van der Waals surface area contributed by atoms with Crippen LogP contribution < -0.4 is 5.56 Å². The first-order valence-electron chi connectivity index (χ1n) is 6.77. The molecule has 22 heavy (non-hydrogen) atoms. The molecule has 114 valence electrons. The number of nitrogens with zero attached hydrogens (tertiary/aromatic N) is 3. The number of halogens is 2. The molecule has 0 unspecified atom stereocenters. The van der Waals surface area contributed by atoms with Crippen molar-refractivity contribution >= 4 is 38.5 Å². The topological polar surface area (TPSA) is 60.9 Å². The van der Waals surface area contributed by atoms with Gasteiger partial charge in [0.15, 0.2) is 4.60 Å².